The molecule has 1 aromatic carbocycles. The van der Waals surface area contributed by atoms with E-state index in [1.807, 2.05) is 0 Å². The van der Waals surface area contributed by atoms with Crippen molar-refractivity contribution in [3.05, 3.63) is 53.6 Å². The molecule has 0 atom stereocenters. The molecule has 0 aliphatic carbocycles. The third kappa shape index (κ3) is 5.71. The molecule has 0 unspecified atom stereocenters. The number of halogens is 4. The summed E-state index contributed by atoms with van der Waals surface area (Å²) >= 11 is 0.673. The number of carbonyl (C=O) groups excluding carboxylic acids is 2. The van der Waals surface area contributed by atoms with Gasteiger partial charge in [0, 0.05) is 11.8 Å². The highest BCUT2D eigenvalue weighted by molar-refractivity contribution is 7.99. The first-order chi connectivity index (χ1) is 11.8. The van der Waals surface area contributed by atoms with Crippen molar-refractivity contribution in [1.29, 1.82) is 0 Å². The minimum atomic E-state index is -4.61. The van der Waals surface area contributed by atoms with Gasteiger partial charge in [-0.3, -0.25) is 20.4 Å². The summed E-state index contributed by atoms with van der Waals surface area (Å²) < 4.78 is 50.3. The van der Waals surface area contributed by atoms with E-state index in [1.54, 1.807) is 0 Å². The van der Waals surface area contributed by atoms with Crippen molar-refractivity contribution < 1.29 is 27.2 Å². The van der Waals surface area contributed by atoms with E-state index in [-0.39, 0.29) is 16.5 Å². The van der Waals surface area contributed by atoms with Crippen molar-refractivity contribution in [2.24, 2.45) is 0 Å². The monoisotopic (exact) mass is 374 g/mol. The fourth-order valence-corrected chi connectivity index (χ4v) is 2.16. The summed E-state index contributed by atoms with van der Waals surface area (Å²) in [5.41, 5.74) is 3.18. The number of hydrogen-bond acceptors (Lipinski definition) is 5. The number of nitrogens with zero attached hydrogens (tertiary/aromatic N) is 2. The van der Waals surface area contributed by atoms with Crippen LogP contribution < -0.4 is 10.9 Å². The third-order valence-corrected chi connectivity index (χ3v) is 3.54. The van der Waals surface area contributed by atoms with E-state index in [9.17, 15) is 27.2 Å². The van der Waals surface area contributed by atoms with Crippen LogP contribution in [0.25, 0.3) is 0 Å². The topological polar surface area (TPSA) is 84.0 Å². The lowest BCUT2D eigenvalue weighted by atomic mass is 10.2. The fraction of sp³-hybridized carbons (Fsp3) is 0.143. The van der Waals surface area contributed by atoms with Crippen molar-refractivity contribution in [3.8, 4) is 0 Å². The van der Waals surface area contributed by atoms with E-state index in [0.29, 0.717) is 17.8 Å². The van der Waals surface area contributed by atoms with Crippen LogP contribution in [0.15, 0.2) is 41.7 Å². The number of aromatic nitrogens is 2. The highest BCUT2D eigenvalue weighted by Crippen LogP contribution is 2.28. The van der Waals surface area contributed by atoms with Gasteiger partial charge in [0.05, 0.1) is 5.75 Å². The largest absolute Gasteiger partial charge is 0.433 e. The molecule has 2 aromatic rings. The van der Waals surface area contributed by atoms with Gasteiger partial charge in [0.25, 0.3) is 5.91 Å². The second-order valence-corrected chi connectivity index (χ2v) is 5.46. The molecular weight excluding hydrogens is 364 g/mol. The number of hydrazine groups is 1. The Morgan fingerprint density at radius 3 is 2.40 bits per heavy atom. The van der Waals surface area contributed by atoms with E-state index in [2.05, 4.69) is 20.8 Å². The van der Waals surface area contributed by atoms with Crippen LogP contribution in [-0.4, -0.2) is 27.5 Å². The lowest BCUT2D eigenvalue weighted by Crippen LogP contribution is -2.42. The van der Waals surface area contributed by atoms with Crippen LogP contribution in [0.4, 0.5) is 17.6 Å². The van der Waals surface area contributed by atoms with Gasteiger partial charge in [-0.2, -0.15) is 13.2 Å². The standard InChI is InChI=1S/C14H10F4N4O2S/c15-9-3-1-8(2-4-9)12(24)22-21-11(23)7-25-13-19-6-5-10(20-13)14(16,17)18/h1-6H,7H2,(H,21,23)(H,22,24). The Kier molecular flexibility index (Phi) is 5.91. The highest BCUT2D eigenvalue weighted by atomic mass is 32.2. The summed E-state index contributed by atoms with van der Waals surface area (Å²) in [7, 11) is 0. The van der Waals surface area contributed by atoms with E-state index in [0.717, 1.165) is 18.3 Å². The van der Waals surface area contributed by atoms with Crippen LogP contribution in [0.3, 0.4) is 0 Å². The van der Waals surface area contributed by atoms with Crippen LogP contribution in [0, 0.1) is 5.82 Å². The van der Waals surface area contributed by atoms with Crippen molar-refractivity contribution in [2.45, 2.75) is 11.3 Å². The summed E-state index contributed by atoms with van der Waals surface area (Å²) in [4.78, 5) is 30.2. The molecule has 0 fully saturated rings. The number of thioether (sulfide) groups is 1. The Balaban J connectivity index is 1.83. The van der Waals surface area contributed by atoms with Crippen LogP contribution in [-0.2, 0) is 11.0 Å². The summed E-state index contributed by atoms with van der Waals surface area (Å²) in [5, 5.41) is -0.227. The van der Waals surface area contributed by atoms with Gasteiger partial charge < -0.3 is 0 Å². The predicted octanol–water partition coefficient (Wildman–Crippen LogP) is 2.19. The zero-order valence-corrected chi connectivity index (χ0v) is 13.1. The highest BCUT2D eigenvalue weighted by Gasteiger charge is 2.32. The quantitative estimate of drug-likeness (QED) is 0.371. The summed E-state index contributed by atoms with van der Waals surface area (Å²) in [6, 6.07) is 5.33. The predicted molar refractivity (Wildman–Crippen MR) is 79.8 cm³/mol. The maximum Gasteiger partial charge on any atom is 0.433 e. The Morgan fingerprint density at radius 1 is 1.08 bits per heavy atom. The normalized spacial score (nSPS) is 11.0. The lowest BCUT2D eigenvalue weighted by molar-refractivity contribution is -0.141. The number of nitrogens with one attached hydrogen (secondary N) is 2. The van der Waals surface area contributed by atoms with E-state index < -0.39 is 29.5 Å². The Hall–Kier alpha value is -2.69. The molecule has 2 amide bonds. The molecule has 0 saturated heterocycles. The first kappa shape index (κ1) is 18.6. The second kappa shape index (κ2) is 7.92. The molecular formula is C14H10F4N4O2S. The number of amides is 2. The van der Waals surface area contributed by atoms with Crippen molar-refractivity contribution in [2.75, 3.05) is 5.75 Å². The molecule has 0 spiro atoms. The maximum atomic E-state index is 12.7. The van der Waals surface area contributed by atoms with Crippen molar-refractivity contribution in [3.63, 3.8) is 0 Å². The molecule has 0 saturated carbocycles. The summed E-state index contributed by atoms with van der Waals surface area (Å²) in [6.07, 6.45) is -3.67. The number of alkyl halides is 3. The zero-order chi connectivity index (χ0) is 18.4. The molecule has 2 rings (SSSR count). The average Bonchev–Trinajstić information content (AvgIpc) is 2.58. The molecule has 0 bridgehead atoms. The van der Waals surface area contributed by atoms with Gasteiger partial charge >= 0.3 is 6.18 Å². The van der Waals surface area contributed by atoms with Gasteiger partial charge in [0.1, 0.15) is 11.5 Å². The third-order valence-electron chi connectivity index (χ3n) is 2.68. The van der Waals surface area contributed by atoms with Gasteiger partial charge in [-0.1, -0.05) is 11.8 Å². The molecule has 0 radical (unpaired) electrons. The number of hydrogen-bond donors (Lipinski definition) is 2. The molecule has 0 aliphatic heterocycles. The molecule has 25 heavy (non-hydrogen) atoms. The molecule has 11 heteroatoms. The van der Waals surface area contributed by atoms with Crippen LogP contribution >= 0.6 is 11.8 Å². The molecule has 132 valence electrons. The van der Waals surface area contributed by atoms with Crippen LogP contribution in [0.2, 0.25) is 0 Å². The van der Waals surface area contributed by atoms with Gasteiger partial charge in [0.2, 0.25) is 5.91 Å². The van der Waals surface area contributed by atoms with E-state index in [1.165, 1.54) is 12.1 Å². The van der Waals surface area contributed by atoms with Crippen molar-refractivity contribution in [1.82, 2.24) is 20.8 Å². The number of carbonyl (C=O) groups is 2. The molecule has 2 N–H and O–H groups in total. The number of benzene rings is 1. The van der Waals surface area contributed by atoms with Crippen LogP contribution in [0.1, 0.15) is 16.1 Å². The fourth-order valence-electron chi connectivity index (χ4n) is 1.53. The number of rotatable bonds is 4. The summed E-state index contributed by atoms with van der Waals surface area (Å²) in [5.74, 6) is -2.18. The van der Waals surface area contributed by atoms with Gasteiger partial charge in [-0.15, -0.1) is 0 Å². The first-order valence-corrected chi connectivity index (χ1v) is 7.62. The minimum absolute atomic E-state index is 0.121. The molecule has 1 aromatic heterocycles. The van der Waals surface area contributed by atoms with Gasteiger partial charge in [-0.05, 0) is 30.3 Å². The first-order valence-electron chi connectivity index (χ1n) is 6.63. The SMILES string of the molecule is O=C(CSc1nccc(C(F)(F)F)n1)NNC(=O)c1ccc(F)cc1. The average molecular weight is 374 g/mol. The van der Waals surface area contributed by atoms with E-state index in [4.69, 9.17) is 0 Å². The minimum Gasteiger partial charge on any atom is -0.272 e. The van der Waals surface area contributed by atoms with Gasteiger partial charge in [0.15, 0.2) is 5.16 Å². The summed E-state index contributed by atoms with van der Waals surface area (Å²) in [6.45, 7) is 0. The molecule has 0 aliphatic rings. The zero-order valence-electron chi connectivity index (χ0n) is 12.3. The van der Waals surface area contributed by atoms with Gasteiger partial charge in [-0.25, -0.2) is 14.4 Å². The lowest BCUT2D eigenvalue weighted by Gasteiger charge is -2.08. The van der Waals surface area contributed by atoms with Crippen LogP contribution in [0.5, 0.6) is 0 Å². The van der Waals surface area contributed by atoms with Crippen molar-refractivity contribution >= 4 is 23.6 Å². The second-order valence-electron chi connectivity index (χ2n) is 4.52. The molecule has 1 heterocycles. The Morgan fingerprint density at radius 2 is 1.76 bits per heavy atom. The Labute approximate surface area is 143 Å². The smallest absolute Gasteiger partial charge is 0.272 e. The van der Waals surface area contributed by atoms with E-state index >= 15 is 0 Å². The maximum absolute atomic E-state index is 12.7. The Bertz CT molecular complexity index is 768. The molecule has 6 nitrogen and oxygen atoms in total.